The van der Waals surface area contributed by atoms with Crippen molar-refractivity contribution >= 4 is 29.3 Å². The highest BCUT2D eigenvalue weighted by Gasteiger charge is 2.26. The van der Waals surface area contributed by atoms with Crippen LogP contribution in [0.3, 0.4) is 0 Å². The first kappa shape index (κ1) is 24.4. The molecule has 0 spiro atoms. The summed E-state index contributed by atoms with van der Waals surface area (Å²) in [4.78, 5) is 44.2. The zero-order chi connectivity index (χ0) is 24.6. The molecule has 1 aliphatic rings. The van der Waals surface area contributed by atoms with Crippen molar-refractivity contribution < 1.29 is 14.4 Å². The largest absolute Gasteiger partial charge is 0.353 e. The minimum absolute atomic E-state index is 0.0244. The highest BCUT2D eigenvalue weighted by molar-refractivity contribution is 6.33. The number of carbonyl (C=O) groups excluding carboxylic acids is 3. The third-order valence-electron chi connectivity index (χ3n) is 6.09. The van der Waals surface area contributed by atoms with E-state index in [9.17, 15) is 14.4 Å². The highest BCUT2D eigenvalue weighted by Crippen LogP contribution is 2.21. The van der Waals surface area contributed by atoms with Gasteiger partial charge in [-0.3, -0.25) is 19.4 Å². The van der Waals surface area contributed by atoms with Crippen LogP contribution in [0, 0.1) is 0 Å². The van der Waals surface area contributed by atoms with E-state index in [0.29, 0.717) is 42.1 Å². The minimum Gasteiger partial charge on any atom is -0.353 e. The van der Waals surface area contributed by atoms with Crippen LogP contribution in [0.25, 0.3) is 0 Å². The average molecular weight is 491 g/mol. The lowest BCUT2D eigenvalue weighted by atomic mass is 10.0. The number of hydrogen-bond donors (Lipinski definition) is 2. The standard InChI is InChI=1S/C27H27ClN4O3/c28-23-9-5-4-8-22(23)26(34)31-24(19-6-2-1-3-7-19)18-25(33)30-21-12-16-32(17-13-21)27(35)20-10-14-29-15-11-20/h1-11,14-15,21,24H,12-13,16-18H2,(H,30,33)(H,31,34). The van der Waals surface area contributed by atoms with Gasteiger partial charge in [-0.1, -0.05) is 54.1 Å². The number of aromatic nitrogens is 1. The molecule has 0 bridgehead atoms. The minimum atomic E-state index is -0.506. The Hall–Kier alpha value is -3.71. The lowest BCUT2D eigenvalue weighted by molar-refractivity contribution is -0.122. The molecular formula is C27H27ClN4O3. The maximum Gasteiger partial charge on any atom is 0.253 e. The molecule has 0 saturated carbocycles. The molecule has 1 fully saturated rings. The van der Waals surface area contributed by atoms with Gasteiger partial charge < -0.3 is 15.5 Å². The molecule has 1 aromatic heterocycles. The van der Waals surface area contributed by atoms with Crippen molar-refractivity contribution in [3.05, 3.63) is 101 Å². The van der Waals surface area contributed by atoms with E-state index in [-0.39, 0.29) is 30.2 Å². The van der Waals surface area contributed by atoms with Gasteiger partial charge in [0, 0.05) is 37.1 Å². The third kappa shape index (κ3) is 6.45. The molecule has 3 amide bonds. The van der Waals surface area contributed by atoms with E-state index in [4.69, 9.17) is 11.6 Å². The first-order valence-electron chi connectivity index (χ1n) is 11.6. The molecule has 1 aliphatic heterocycles. The molecule has 2 heterocycles. The normalized spacial score (nSPS) is 14.7. The monoisotopic (exact) mass is 490 g/mol. The van der Waals surface area contributed by atoms with E-state index in [2.05, 4.69) is 15.6 Å². The van der Waals surface area contributed by atoms with Crippen LogP contribution in [-0.2, 0) is 4.79 Å². The second-order valence-corrected chi connectivity index (χ2v) is 8.90. The summed E-state index contributed by atoms with van der Waals surface area (Å²) in [7, 11) is 0. The van der Waals surface area contributed by atoms with Crippen molar-refractivity contribution in [2.45, 2.75) is 31.3 Å². The van der Waals surface area contributed by atoms with E-state index in [1.807, 2.05) is 30.3 Å². The quantitative estimate of drug-likeness (QED) is 0.523. The Bertz CT molecular complexity index is 1170. The van der Waals surface area contributed by atoms with E-state index < -0.39 is 6.04 Å². The van der Waals surface area contributed by atoms with Gasteiger partial charge in [-0.05, 0) is 42.7 Å². The molecule has 7 nitrogen and oxygen atoms in total. The Balaban J connectivity index is 1.35. The van der Waals surface area contributed by atoms with Crippen LogP contribution >= 0.6 is 11.6 Å². The topological polar surface area (TPSA) is 91.4 Å². The van der Waals surface area contributed by atoms with Crippen molar-refractivity contribution in [2.24, 2.45) is 0 Å². The van der Waals surface area contributed by atoms with Crippen molar-refractivity contribution in [1.29, 1.82) is 0 Å². The van der Waals surface area contributed by atoms with Crippen LogP contribution < -0.4 is 10.6 Å². The molecule has 1 saturated heterocycles. The van der Waals surface area contributed by atoms with Gasteiger partial charge in [-0.2, -0.15) is 0 Å². The van der Waals surface area contributed by atoms with Crippen molar-refractivity contribution in [3.8, 4) is 0 Å². The zero-order valence-corrected chi connectivity index (χ0v) is 19.9. The summed E-state index contributed by atoms with van der Waals surface area (Å²) < 4.78 is 0. The summed E-state index contributed by atoms with van der Waals surface area (Å²) in [6, 6.07) is 19.1. The van der Waals surface area contributed by atoms with Crippen LogP contribution in [0.5, 0.6) is 0 Å². The SMILES string of the molecule is O=C(CC(NC(=O)c1ccccc1Cl)c1ccccc1)NC1CCN(C(=O)c2ccncc2)CC1. The van der Waals surface area contributed by atoms with Gasteiger partial charge in [0.1, 0.15) is 0 Å². The molecular weight excluding hydrogens is 464 g/mol. The lowest BCUT2D eigenvalue weighted by Crippen LogP contribution is -2.47. The number of likely N-dealkylation sites (tertiary alicyclic amines) is 1. The summed E-state index contributed by atoms with van der Waals surface area (Å²) in [6.45, 7) is 1.13. The molecule has 1 unspecified atom stereocenters. The number of hydrogen-bond acceptors (Lipinski definition) is 4. The number of amides is 3. The molecule has 1 atom stereocenters. The maximum atomic E-state index is 12.9. The third-order valence-corrected chi connectivity index (χ3v) is 6.42. The first-order valence-corrected chi connectivity index (χ1v) is 12.0. The van der Waals surface area contributed by atoms with Crippen LogP contribution in [0.1, 0.15) is 51.6 Å². The van der Waals surface area contributed by atoms with Gasteiger partial charge in [0.15, 0.2) is 0 Å². The molecule has 0 aliphatic carbocycles. The Morgan fingerprint density at radius 2 is 1.60 bits per heavy atom. The molecule has 3 aromatic rings. The van der Waals surface area contributed by atoms with Crippen LogP contribution in [0.2, 0.25) is 5.02 Å². The van der Waals surface area contributed by atoms with Crippen LogP contribution in [0.4, 0.5) is 0 Å². The molecule has 8 heteroatoms. The molecule has 35 heavy (non-hydrogen) atoms. The zero-order valence-electron chi connectivity index (χ0n) is 19.2. The smallest absolute Gasteiger partial charge is 0.253 e. The summed E-state index contributed by atoms with van der Waals surface area (Å²) >= 11 is 6.19. The molecule has 180 valence electrons. The second kappa shape index (κ2) is 11.6. The summed E-state index contributed by atoms with van der Waals surface area (Å²) in [5.74, 6) is -0.513. The fraction of sp³-hybridized carbons (Fsp3) is 0.259. The highest BCUT2D eigenvalue weighted by atomic mass is 35.5. The van der Waals surface area contributed by atoms with Crippen molar-refractivity contribution in [2.75, 3.05) is 13.1 Å². The number of nitrogens with zero attached hydrogens (tertiary/aromatic N) is 2. The average Bonchev–Trinajstić information content (AvgIpc) is 2.89. The summed E-state index contributed by atoms with van der Waals surface area (Å²) in [5.41, 5.74) is 1.81. The number of rotatable bonds is 7. The van der Waals surface area contributed by atoms with Crippen LogP contribution in [0.15, 0.2) is 79.1 Å². The first-order chi connectivity index (χ1) is 17.0. The van der Waals surface area contributed by atoms with Crippen molar-refractivity contribution in [3.63, 3.8) is 0 Å². The van der Waals surface area contributed by atoms with Crippen LogP contribution in [-0.4, -0.2) is 46.7 Å². The molecule has 2 aromatic carbocycles. The molecule has 0 radical (unpaired) electrons. The van der Waals surface area contributed by atoms with E-state index in [0.717, 1.165) is 5.56 Å². The van der Waals surface area contributed by atoms with Gasteiger partial charge in [0.2, 0.25) is 5.91 Å². The number of carbonyl (C=O) groups is 3. The van der Waals surface area contributed by atoms with Gasteiger partial charge >= 0.3 is 0 Å². The predicted octanol–water partition coefficient (Wildman–Crippen LogP) is 4.02. The van der Waals surface area contributed by atoms with Crippen molar-refractivity contribution in [1.82, 2.24) is 20.5 Å². The summed E-state index contributed by atoms with van der Waals surface area (Å²) in [6.07, 6.45) is 4.65. The van der Waals surface area contributed by atoms with Gasteiger partial charge in [0.05, 0.1) is 23.0 Å². The Morgan fingerprint density at radius 3 is 2.29 bits per heavy atom. The lowest BCUT2D eigenvalue weighted by Gasteiger charge is -2.32. The number of piperidine rings is 1. The van der Waals surface area contributed by atoms with E-state index >= 15 is 0 Å². The van der Waals surface area contributed by atoms with Gasteiger partial charge in [-0.15, -0.1) is 0 Å². The van der Waals surface area contributed by atoms with E-state index in [1.165, 1.54) is 0 Å². The molecule has 4 rings (SSSR count). The number of halogens is 1. The Labute approximate surface area is 209 Å². The second-order valence-electron chi connectivity index (χ2n) is 8.49. The number of pyridine rings is 1. The summed E-state index contributed by atoms with van der Waals surface area (Å²) in [5, 5.41) is 6.39. The Morgan fingerprint density at radius 1 is 0.943 bits per heavy atom. The fourth-order valence-corrected chi connectivity index (χ4v) is 4.42. The molecule has 2 N–H and O–H groups in total. The Kier molecular flexibility index (Phi) is 8.11. The van der Waals surface area contributed by atoms with Gasteiger partial charge in [0.25, 0.3) is 11.8 Å². The number of nitrogens with one attached hydrogen (secondary N) is 2. The van der Waals surface area contributed by atoms with E-state index in [1.54, 1.807) is 53.7 Å². The predicted molar refractivity (Wildman–Crippen MR) is 134 cm³/mol. The van der Waals surface area contributed by atoms with Gasteiger partial charge in [-0.25, -0.2) is 0 Å². The number of benzene rings is 2. The fourth-order valence-electron chi connectivity index (χ4n) is 4.19. The maximum absolute atomic E-state index is 12.9.